The Kier molecular flexibility index (Phi) is 3.78. The third-order valence-corrected chi connectivity index (χ3v) is 4.31. The van der Waals surface area contributed by atoms with Gasteiger partial charge in [0.2, 0.25) is 11.8 Å². The second-order valence-corrected chi connectivity index (χ2v) is 7.23. The minimum Gasteiger partial charge on any atom is -0.340 e. The van der Waals surface area contributed by atoms with Crippen molar-refractivity contribution in [2.24, 2.45) is 11.8 Å². The lowest BCUT2D eigenvalue weighted by molar-refractivity contribution is -0.156. The zero-order valence-corrected chi connectivity index (χ0v) is 13.3. The average Bonchev–Trinajstić information content (AvgIpc) is 3.07. The topological polar surface area (TPSA) is 49.4 Å². The zero-order valence-electron chi connectivity index (χ0n) is 11.7. The molecule has 2 unspecified atom stereocenters. The second-order valence-electron chi connectivity index (χ2n) is 6.11. The predicted octanol–water partition coefficient (Wildman–Crippen LogP) is 2.05. The monoisotopic (exact) mass is 328 g/mol. The molecule has 1 saturated carbocycles. The first kappa shape index (κ1) is 14.6. The maximum absolute atomic E-state index is 12.8. The molecule has 1 N–H and O–H groups in total. The van der Waals surface area contributed by atoms with Crippen molar-refractivity contribution < 1.29 is 9.59 Å². The number of halogens is 1. The molecule has 1 saturated heterocycles. The number of rotatable bonds is 4. The Bertz CT molecular complexity index is 431. The highest BCUT2D eigenvalue weighted by Gasteiger charge is 2.55. The highest BCUT2D eigenvalue weighted by Crippen LogP contribution is 2.42. The standard InChI is InChI=1S/C14H21BrN2O2/c1-8(2)11-12(18)16-14(4,10-5-6-10)13(19)17(11)7-9(3)15/h8,10-11H,3,5-7H2,1-2,4H3,(H,16,18). The van der Waals surface area contributed by atoms with Crippen LogP contribution in [0.2, 0.25) is 0 Å². The highest BCUT2D eigenvalue weighted by atomic mass is 79.9. The Hall–Kier alpha value is -0.840. The summed E-state index contributed by atoms with van der Waals surface area (Å²) in [5, 5.41) is 2.96. The van der Waals surface area contributed by atoms with E-state index in [1.165, 1.54) is 0 Å². The van der Waals surface area contributed by atoms with Crippen molar-refractivity contribution >= 4 is 27.7 Å². The Morgan fingerprint density at radius 1 is 1.53 bits per heavy atom. The van der Waals surface area contributed by atoms with E-state index < -0.39 is 11.6 Å². The lowest BCUT2D eigenvalue weighted by Crippen LogP contribution is -2.71. The van der Waals surface area contributed by atoms with Crippen molar-refractivity contribution in [2.75, 3.05) is 6.54 Å². The number of nitrogens with zero attached hydrogens (tertiary/aromatic N) is 1. The van der Waals surface area contributed by atoms with Gasteiger partial charge in [-0.15, -0.1) is 0 Å². The van der Waals surface area contributed by atoms with Crippen LogP contribution in [0.25, 0.3) is 0 Å². The van der Waals surface area contributed by atoms with Gasteiger partial charge in [-0.25, -0.2) is 0 Å². The van der Waals surface area contributed by atoms with E-state index in [0.717, 1.165) is 17.3 Å². The van der Waals surface area contributed by atoms with Crippen LogP contribution in [0.1, 0.15) is 33.6 Å². The van der Waals surface area contributed by atoms with E-state index in [4.69, 9.17) is 0 Å². The second kappa shape index (κ2) is 4.93. The molecule has 2 rings (SSSR count). The van der Waals surface area contributed by atoms with Crippen LogP contribution in [0.5, 0.6) is 0 Å². The number of nitrogens with one attached hydrogen (secondary N) is 1. The van der Waals surface area contributed by atoms with Crippen LogP contribution in [0.15, 0.2) is 11.1 Å². The molecule has 2 fully saturated rings. The van der Waals surface area contributed by atoms with E-state index in [2.05, 4.69) is 27.8 Å². The summed E-state index contributed by atoms with van der Waals surface area (Å²) in [7, 11) is 0. The summed E-state index contributed by atoms with van der Waals surface area (Å²) in [6, 6.07) is -0.409. The molecule has 2 atom stereocenters. The van der Waals surface area contributed by atoms with Crippen LogP contribution >= 0.6 is 15.9 Å². The summed E-state index contributed by atoms with van der Waals surface area (Å²) in [5.41, 5.74) is -0.731. The molecular weight excluding hydrogens is 308 g/mol. The molecule has 0 radical (unpaired) electrons. The number of hydrogen-bond acceptors (Lipinski definition) is 2. The van der Waals surface area contributed by atoms with Crippen molar-refractivity contribution in [1.29, 1.82) is 0 Å². The van der Waals surface area contributed by atoms with Gasteiger partial charge in [-0.1, -0.05) is 36.4 Å². The predicted molar refractivity (Wildman–Crippen MR) is 77.7 cm³/mol. The van der Waals surface area contributed by atoms with Gasteiger partial charge in [-0.05, 0) is 31.6 Å². The van der Waals surface area contributed by atoms with Gasteiger partial charge in [-0.3, -0.25) is 9.59 Å². The van der Waals surface area contributed by atoms with E-state index >= 15 is 0 Å². The first-order valence-electron chi connectivity index (χ1n) is 6.73. The van der Waals surface area contributed by atoms with Crippen molar-refractivity contribution in [3.05, 3.63) is 11.1 Å². The van der Waals surface area contributed by atoms with Gasteiger partial charge in [0.05, 0.1) is 6.54 Å². The van der Waals surface area contributed by atoms with Crippen LogP contribution in [0.3, 0.4) is 0 Å². The Morgan fingerprint density at radius 2 is 2.11 bits per heavy atom. The minimum atomic E-state index is -0.731. The molecule has 1 heterocycles. The summed E-state index contributed by atoms with van der Waals surface area (Å²) >= 11 is 3.30. The number of carbonyl (C=O) groups excluding carboxylic acids is 2. The molecule has 19 heavy (non-hydrogen) atoms. The van der Waals surface area contributed by atoms with Gasteiger partial charge in [0.25, 0.3) is 0 Å². The Labute approximate surface area is 122 Å². The first-order valence-corrected chi connectivity index (χ1v) is 7.53. The molecule has 0 aromatic carbocycles. The maximum atomic E-state index is 12.8. The summed E-state index contributed by atoms with van der Waals surface area (Å²) in [4.78, 5) is 26.8. The normalized spacial score (nSPS) is 31.6. The number of carbonyl (C=O) groups is 2. The fourth-order valence-corrected chi connectivity index (χ4v) is 3.17. The van der Waals surface area contributed by atoms with E-state index in [0.29, 0.717) is 6.54 Å². The minimum absolute atomic E-state index is 0.0221. The molecule has 0 aromatic rings. The van der Waals surface area contributed by atoms with E-state index in [1.54, 1.807) is 4.90 Å². The molecule has 2 amide bonds. The van der Waals surface area contributed by atoms with E-state index in [-0.39, 0.29) is 23.7 Å². The smallest absolute Gasteiger partial charge is 0.249 e. The molecule has 1 aliphatic carbocycles. The third kappa shape index (κ3) is 2.57. The molecule has 0 bridgehead atoms. The van der Waals surface area contributed by atoms with Crippen LogP contribution in [-0.4, -0.2) is 34.8 Å². The quantitative estimate of drug-likeness (QED) is 0.858. The van der Waals surface area contributed by atoms with Gasteiger partial charge in [0, 0.05) is 4.48 Å². The van der Waals surface area contributed by atoms with E-state index in [1.807, 2.05) is 20.8 Å². The zero-order chi connectivity index (χ0) is 14.4. The Morgan fingerprint density at radius 3 is 2.53 bits per heavy atom. The van der Waals surface area contributed by atoms with Crippen molar-refractivity contribution in [3.63, 3.8) is 0 Å². The van der Waals surface area contributed by atoms with Crippen molar-refractivity contribution in [3.8, 4) is 0 Å². The summed E-state index contributed by atoms with van der Waals surface area (Å²) in [5.74, 6) is 0.342. The third-order valence-electron chi connectivity index (χ3n) is 4.06. The van der Waals surface area contributed by atoms with Crippen molar-refractivity contribution in [1.82, 2.24) is 10.2 Å². The molecule has 0 aromatic heterocycles. The molecule has 4 nitrogen and oxygen atoms in total. The molecule has 2 aliphatic rings. The van der Waals surface area contributed by atoms with Crippen LogP contribution in [-0.2, 0) is 9.59 Å². The molecule has 106 valence electrons. The molecular formula is C14H21BrN2O2. The number of piperazine rings is 1. The van der Waals surface area contributed by atoms with E-state index in [9.17, 15) is 9.59 Å². The number of hydrogen-bond donors (Lipinski definition) is 1. The molecule has 1 aliphatic heterocycles. The van der Waals surface area contributed by atoms with Crippen LogP contribution in [0.4, 0.5) is 0 Å². The van der Waals surface area contributed by atoms with Crippen LogP contribution in [0, 0.1) is 11.8 Å². The largest absolute Gasteiger partial charge is 0.340 e. The lowest BCUT2D eigenvalue weighted by Gasteiger charge is -2.46. The lowest BCUT2D eigenvalue weighted by atomic mass is 9.86. The summed E-state index contributed by atoms with van der Waals surface area (Å²) in [6.45, 7) is 9.96. The molecule has 5 heteroatoms. The maximum Gasteiger partial charge on any atom is 0.249 e. The first-order chi connectivity index (χ1) is 8.77. The Balaban J connectivity index is 2.33. The van der Waals surface area contributed by atoms with Gasteiger partial charge in [-0.2, -0.15) is 0 Å². The molecule has 0 spiro atoms. The summed E-state index contributed by atoms with van der Waals surface area (Å²) < 4.78 is 0.722. The summed E-state index contributed by atoms with van der Waals surface area (Å²) in [6.07, 6.45) is 2.02. The fourth-order valence-electron chi connectivity index (χ4n) is 2.90. The highest BCUT2D eigenvalue weighted by molar-refractivity contribution is 9.11. The van der Waals surface area contributed by atoms with Gasteiger partial charge in [0.15, 0.2) is 0 Å². The van der Waals surface area contributed by atoms with Gasteiger partial charge >= 0.3 is 0 Å². The van der Waals surface area contributed by atoms with Crippen LogP contribution < -0.4 is 5.32 Å². The van der Waals surface area contributed by atoms with Gasteiger partial charge in [0.1, 0.15) is 11.6 Å². The van der Waals surface area contributed by atoms with Crippen molar-refractivity contribution in [2.45, 2.75) is 45.2 Å². The average molecular weight is 329 g/mol. The SMILES string of the molecule is C=C(Br)CN1C(=O)C(C)(C2CC2)NC(=O)C1C(C)C. The fraction of sp³-hybridized carbons (Fsp3) is 0.714. The number of amides is 2. The van der Waals surface area contributed by atoms with Gasteiger partial charge < -0.3 is 10.2 Å².